The van der Waals surface area contributed by atoms with Crippen molar-refractivity contribution >= 4 is 23.9 Å². The number of unbranched alkanes of at least 4 members (excludes halogenated alkanes) is 9. The molecule has 0 amide bonds. The molecule has 2 aliphatic heterocycles. The normalized spacial score (nSPS) is 22.8. The number of esters is 4. The molecule has 0 aliphatic carbocycles. The molecule has 2 rings (SSSR count). The fraction of sp³-hybridized carbons (Fsp3) is 0.800. The van der Waals surface area contributed by atoms with Crippen LogP contribution in [0.25, 0.3) is 0 Å². The number of carbonyl (C=O) groups excluding carboxylic acids is 4. The third kappa shape index (κ3) is 7.26. The lowest BCUT2D eigenvalue weighted by Crippen LogP contribution is -2.07. The highest BCUT2D eigenvalue weighted by Crippen LogP contribution is 2.24. The third-order valence-corrected chi connectivity index (χ3v) is 5.28. The number of ether oxygens (including phenoxy) is 2. The van der Waals surface area contributed by atoms with E-state index in [1.54, 1.807) is 0 Å². The second-order valence-electron chi connectivity index (χ2n) is 7.50. The minimum atomic E-state index is -0.378. The van der Waals surface area contributed by atoms with Crippen molar-refractivity contribution in [3.05, 3.63) is 0 Å². The summed E-state index contributed by atoms with van der Waals surface area (Å²) in [6.45, 7) is 0. The molecule has 6 heteroatoms. The Balaban J connectivity index is 1.32. The molecule has 6 nitrogen and oxygen atoms in total. The van der Waals surface area contributed by atoms with Gasteiger partial charge in [-0.1, -0.05) is 64.2 Å². The summed E-state index contributed by atoms with van der Waals surface area (Å²) in [6.07, 6.45) is 13.5. The Morgan fingerprint density at radius 1 is 0.538 bits per heavy atom. The lowest BCUT2D eigenvalue weighted by atomic mass is 9.98. The molecule has 0 bridgehead atoms. The molecular formula is C20H30O6. The van der Waals surface area contributed by atoms with Gasteiger partial charge >= 0.3 is 23.9 Å². The van der Waals surface area contributed by atoms with E-state index in [2.05, 4.69) is 9.47 Å². The summed E-state index contributed by atoms with van der Waals surface area (Å²) >= 11 is 0. The number of hydrogen-bond acceptors (Lipinski definition) is 6. The van der Waals surface area contributed by atoms with Gasteiger partial charge in [0.1, 0.15) is 0 Å². The Hall–Kier alpha value is -1.72. The van der Waals surface area contributed by atoms with Crippen molar-refractivity contribution in [3.8, 4) is 0 Å². The van der Waals surface area contributed by atoms with Gasteiger partial charge in [-0.15, -0.1) is 0 Å². The molecule has 0 aromatic rings. The summed E-state index contributed by atoms with van der Waals surface area (Å²) in [5.41, 5.74) is 0. The highest BCUT2D eigenvalue weighted by molar-refractivity contribution is 5.95. The van der Waals surface area contributed by atoms with Crippen LogP contribution in [0.4, 0.5) is 0 Å². The molecule has 0 radical (unpaired) electrons. The van der Waals surface area contributed by atoms with E-state index >= 15 is 0 Å². The van der Waals surface area contributed by atoms with Crippen molar-refractivity contribution in [2.24, 2.45) is 11.8 Å². The van der Waals surface area contributed by atoms with Crippen molar-refractivity contribution in [3.63, 3.8) is 0 Å². The topological polar surface area (TPSA) is 86.7 Å². The second-order valence-corrected chi connectivity index (χ2v) is 7.50. The summed E-state index contributed by atoms with van der Waals surface area (Å²) in [4.78, 5) is 44.6. The van der Waals surface area contributed by atoms with Crippen LogP contribution in [-0.2, 0) is 28.7 Å². The minimum absolute atomic E-state index is 0.202. The van der Waals surface area contributed by atoms with Crippen molar-refractivity contribution in [2.45, 2.75) is 89.9 Å². The molecule has 0 spiro atoms. The molecule has 2 saturated heterocycles. The van der Waals surface area contributed by atoms with Crippen LogP contribution in [0.3, 0.4) is 0 Å². The van der Waals surface area contributed by atoms with E-state index in [1.807, 2.05) is 0 Å². The first-order chi connectivity index (χ1) is 12.6. The summed E-state index contributed by atoms with van der Waals surface area (Å²) in [7, 11) is 0. The van der Waals surface area contributed by atoms with E-state index in [9.17, 15) is 19.2 Å². The molecule has 2 heterocycles. The highest BCUT2D eigenvalue weighted by Gasteiger charge is 2.33. The van der Waals surface area contributed by atoms with E-state index in [4.69, 9.17) is 0 Å². The van der Waals surface area contributed by atoms with Crippen LogP contribution in [0.2, 0.25) is 0 Å². The molecule has 2 atom stereocenters. The second kappa shape index (κ2) is 11.1. The predicted molar refractivity (Wildman–Crippen MR) is 93.8 cm³/mol. The first-order valence-corrected chi connectivity index (χ1v) is 10.1. The van der Waals surface area contributed by atoms with Crippen LogP contribution >= 0.6 is 0 Å². The van der Waals surface area contributed by atoms with Gasteiger partial charge in [-0.05, 0) is 12.8 Å². The molecule has 2 aliphatic rings. The maximum absolute atomic E-state index is 11.3. The van der Waals surface area contributed by atoms with Crippen LogP contribution < -0.4 is 0 Å². The van der Waals surface area contributed by atoms with Crippen LogP contribution in [-0.4, -0.2) is 23.9 Å². The Morgan fingerprint density at radius 3 is 1.12 bits per heavy atom. The van der Waals surface area contributed by atoms with Crippen molar-refractivity contribution in [1.29, 1.82) is 0 Å². The average molecular weight is 366 g/mol. The van der Waals surface area contributed by atoms with E-state index < -0.39 is 0 Å². The lowest BCUT2D eigenvalue weighted by molar-refractivity contribution is -0.155. The molecule has 2 unspecified atom stereocenters. The van der Waals surface area contributed by atoms with Gasteiger partial charge in [-0.3, -0.25) is 19.2 Å². The first kappa shape index (κ1) is 20.6. The van der Waals surface area contributed by atoms with Gasteiger partial charge in [0.2, 0.25) is 0 Å². The lowest BCUT2D eigenvalue weighted by Gasteiger charge is -2.05. The SMILES string of the molecule is O=C1CC(CCCCCCCCCCCCC2CC(=O)OC2=O)C(=O)O1. The van der Waals surface area contributed by atoms with Crippen molar-refractivity contribution < 1.29 is 28.7 Å². The van der Waals surface area contributed by atoms with E-state index in [0.717, 1.165) is 38.5 Å². The fourth-order valence-electron chi connectivity index (χ4n) is 3.68. The zero-order chi connectivity index (χ0) is 18.8. The number of hydrogen-bond donors (Lipinski definition) is 0. The molecule has 0 aromatic heterocycles. The molecule has 26 heavy (non-hydrogen) atoms. The quantitative estimate of drug-likeness (QED) is 0.279. The number of cyclic esters (lactones) is 4. The maximum Gasteiger partial charge on any atom is 0.317 e. The molecule has 2 fully saturated rings. The number of rotatable bonds is 13. The smallest absolute Gasteiger partial charge is 0.317 e. The number of carbonyl (C=O) groups is 4. The summed E-state index contributed by atoms with van der Waals surface area (Å²) in [6, 6.07) is 0. The molecule has 0 saturated carbocycles. The van der Waals surface area contributed by atoms with Crippen molar-refractivity contribution in [2.75, 3.05) is 0 Å². The van der Waals surface area contributed by atoms with Gasteiger partial charge in [0.05, 0.1) is 24.7 Å². The van der Waals surface area contributed by atoms with Gasteiger partial charge in [0.25, 0.3) is 0 Å². The van der Waals surface area contributed by atoms with Crippen LogP contribution in [0.15, 0.2) is 0 Å². The summed E-state index contributed by atoms with van der Waals surface area (Å²) in [5, 5.41) is 0. The monoisotopic (exact) mass is 366 g/mol. The molecule has 0 N–H and O–H groups in total. The maximum atomic E-state index is 11.3. The van der Waals surface area contributed by atoms with Gasteiger partial charge in [-0.25, -0.2) is 0 Å². The van der Waals surface area contributed by atoms with E-state index in [0.29, 0.717) is 0 Å². The summed E-state index contributed by atoms with van der Waals surface area (Å²) in [5.74, 6) is -1.84. The zero-order valence-electron chi connectivity index (χ0n) is 15.5. The predicted octanol–water partition coefficient (Wildman–Crippen LogP) is 3.85. The van der Waals surface area contributed by atoms with E-state index in [-0.39, 0.29) is 48.6 Å². The van der Waals surface area contributed by atoms with Crippen LogP contribution in [0.5, 0.6) is 0 Å². The van der Waals surface area contributed by atoms with Crippen LogP contribution in [0, 0.1) is 11.8 Å². The molecule has 0 aromatic carbocycles. The third-order valence-electron chi connectivity index (χ3n) is 5.28. The molecule has 146 valence electrons. The highest BCUT2D eigenvalue weighted by atomic mass is 16.6. The first-order valence-electron chi connectivity index (χ1n) is 10.1. The average Bonchev–Trinajstić information content (AvgIpc) is 3.08. The minimum Gasteiger partial charge on any atom is -0.393 e. The van der Waals surface area contributed by atoms with Crippen molar-refractivity contribution in [1.82, 2.24) is 0 Å². The van der Waals surface area contributed by atoms with Gasteiger partial charge in [0.15, 0.2) is 0 Å². The zero-order valence-corrected chi connectivity index (χ0v) is 15.5. The van der Waals surface area contributed by atoms with Gasteiger partial charge in [0, 0.05) is 0 Å². The Labute approximate surface area is 155 Å². The standard InChI is InChI=1S/C20H30O6/c21-17-13-15(19(23)25-17)11-9-7-5-3-1-2-4-6-8-10-12-16-14-18(22)26-20(16)24/h15-16H,1-14H2. The van der Waals surface area contributed by atoms with Gasteiger partial charge < -0.3 is 9.47 Å². The van der Waals surface area contributed by atoms with Crippen LogP contribution in [0.1, 0.15) is 89.9 Å². The van der Waals surface area contributed by atoms with Gasteiger partial charge in [-0.2, -0.15) is 0 Å². The Bertz CT molecular complexity index is 466. The fourth-order valence-corrected chi connectivity index (χ4v) is 3.68. The Morgan fingerprint density at radius 2 is 0.846 bits per heavy atom. The Kier molecular flexibility index (Phi) is 8.78. The largest absolute Gasteiger partial charge is 0.393 e. The molecular weight excluding hydrogens is 336 g/mol. The summed E-state index contributed by atoms with van der Waals surface area (Å²) < 4.78 is 9.09. The van der Waals surface area contributed by atoms with E-state index in [1.165, 1.54) is 38.5 Å².